The minimum absolute atomic E-state index is 0.217. The molecule has 6 nitrogen and oxygen atoms in total. The lowest BCUT2D eigenvalue weighted by atomic mass is 10.0. The second kappa shape index (κ2) is 11.2. The molecule has 0 radical (unpaired) electrons. The fraction of sp³-hybridized carbons (Fsp3) is 0.417. The highest BCUT2D eigenvalue weighted by molar-refractivity contribution is 5.79. The van der Waals surface area contributed by atoms with Crippen molar-refractivity contribution in [1.82, 2.24) is 15.5 Å². The number of hydrogen-bond donors (Lipinski definition) is 2. The normalized spacial score (nSPS) is 15.4. The average Bonchev–Trinajstić information content (AvgIpc) is 3.32. The average molecular weight is 406 g/mol. The van der Waals surface area contributed by atoms with Crippen LogP contribution in [0.2, 0.25) is 0 Å². The Hall–Kier alpha value is -3.04. The highest BCUT2D eigenvalue weighted by Gasteiger charge is 2.26. The van der Waals surface area contributed by atoms with Crippen LogP contribution >= 0.6 is 0 Å². The standard InChI is InChI=1S/C24H31N5O/c1-3-26-24(27-17-20-10-8-9-19(15-20)16-25)28-18-22(29-13-6-7-14-29)21-11-4-5-12-23(21)30-2/h4-5,8-12,15,22H,3,6-7,13-14,17-18H2,1-2H3,(H2,26,27,28). The molecule has 0 bridgehead atoms. The van der Waals surface area contributed by atoms with Gasteiger partial charge >= 0.3 is 0 Å². The first kappa shape index (κ1) is 21.7. The summed E-state index contributed by atoms with van der Waals surface area (Å²) in [4.78, 5) is 7.25. The van der Waals surface area contributed by atoms with Gasteiger partial charge in [0, 0.05) is 18.7 Å². The topological polar surface area (TPSA) is 72.7 Å². The molecule has 2 N–H and O–H groups in total. The van der Waals surface area contributed by atoms with Crippen molar-refractivity contribution >= 4 is 5.96 Å². The van der Waals surface area contributed by atoms with Crippen molar-refractivity contribution in [3.63, 3.8) is 0 Å². The summed E-state index contributed by atoms with van der Waals surface area (Å²) in [5, 5.41) is 16.0. The van der Waals surface area contributed by atoms with E-state index in [-0.39, 0.29) is 6.04 Å². The zero-order valence-corrected chi connectivity index (χ0v) is 17.9. The van der Waals surface area contributed by atoms with Crippen LogP contribution in [0.5, 0.6) is 5.75 Å². The molecule has 30 heavy (non-hydrogen) atoms. The van der Waals surface area contributed by atoms with Gasteiger partial charge in [0.1, 0.15) is 5.75 Å². The maximum atomic E-state index is 9.10. The van der Waals surface area contributed by atoms with Crippen molar-refractivity contribution in [2.24, 2.45) is 4.99 Å². The summed E-state index contributed by atoms with van der Waals surface area (Å²) in [7, 11) is 1.73. The molecule has 0 spiro atoms. The molecule has 1 aliphatic heterocycles. The second-order valence-corrected chi connectivity index (χ2v) is 7.39. The van der Waals surface area contributed by atoms with Crippen LogP contribution < -0.4 is 15.4 Å². The highest BCUT2D eigenvalue weighted by atomic mass is 16.5. The number of likely N-dealkylation sites (tertiary alicyclic amines) is 1. The summed E-state index contributed by atoms with van der Waals surface area (Å²) in [5.74, 6) is 1.70. The van der Waals surface area contributed by atoms with E-state index < -0.39 is 0 Å². The Kier molecular flexibility index (Phi) is 8.10. The van der Waals surface area contributed by atoms with Crippen LogP contribution in [-0.2, 0) is 6.54 Å². The predicted octanol–water partition coefficient (Wildman–Crippen LogP) is 3.46. The monoisotopic (exact) mass is 405 g/mol. The van der Waals surface area contributed by atoms with Gasteiger partial charge in [0.2, 0.25) is 0 Å². The molecular formula is C24H31N5O. The summed E-state index contributed by atoms with van der Waals surface area (Å²) in [6.07, 6.45) is 2.46. The van der Waals surface area contributed by atoms with Crippen LogP contribution in [0.25, 0.3) is 0 Å². The Morgan fingerprint density at radius 2 is 1.97 bits per heavy atom. The lowest BCUT2D eigenvalue weighted by molar-refractivity contribution is 0.239. The Bertz CT molecular complexity index is 883. The van der Waals surface area contributed by atoms with Crippen LogP contribution in [0.4, 0.5) is 0 Å². The van der Waals surface area contributed by atoms with Crippen LogP contribution in [0.3, 0.4) is 0 Å². The number of nitrogens with zero attached hydrogens (tertiary/aromatic N) is 3. The van der Waals surface area contributed by atoms with E-state index in [1.807, 2.05) is 36.4 Å². The first-order chi connectivity index (χ1) is 14.7. The van der Waals surface area contributed by atoms with E-state index >= 15 is 0 Å². The molecule has 158 valence electrons. The zero-order chi connectivity index (χ0) is 21.2. The molecule has 1 fully saturated rings. The second-order valence-electron chi connectivity index (χ2n) is 7.39. The van der Waals surface area contributed by atoms with E-state index in [0.717, 1.165) is 43.5 Å². The molecule has 0 saturated carbocycles. The first-order valence-corrected chi connectivity index (χ1v) is 10.6. The number of benzene rings is 2. The van der Waals surface area contributed by atoms with Gasteiger partial charge in [-0.25, -0.2) is 4.99 Å². The van der Waals surface area contributed by atoms with Crippen molar-refractivity contribution in [1.29, 1.82) is 5.26 Å². The molecule has 1 aliphatic rings. The fourth-order valence-electron chi connectivity index (χ4n) is 3.88. The summed E-state index contributed by atoms with van der Waals surface area (Å²) < 4.78 is 5.64. The van der Waals surface area contributed by atoms with Gasteiger partial charge in [-0.05, 0) is 56.6 Å². The van der Waals surface area contributed by atoms with Gasteiger partial charge in [-0.2, -0.15) is 5.26 Å². The van der Waals surface area contributed by atoms with Gasteiger partial charge in [0.15, 0.2) is 5.96 Å². The molecule has 0 amide bonds. The number of nitriles is 1. The van der Waals surface area contributed by atoms with Gasteiger partial charge < -0.3 is 15.4 Å². The van der Waals surface area contributed by atoms with Crippen molar-refractivity contribution in [2.75, 3.05) is 33.3 Å². The van der Waals surface area contributed by atoms with Gasteiger partial charge in [-0.1, -0.05) is 30.3 Å². The maximum Gasteiger partial charge on any atom is 0.191 e. The Balaban J connectivity index is 1.74. The number of ether oxygens (including phenoxy) is 1. The molecule has 3 rings (SSSR count). The van der Waals surface area contributed by atoms with Crippen molar-refractivity contribution in [2.45, 2.75) is 32.4 Å². The molecular weight excluding hydrogens is 374 g/mol. The first-order valence-electron chi connectivity index (χ1n) is 10.6. The van der Waals surface area contributed by atoms with Crippen molar-refractivity contribution in [3.8, 4) is 11.8 Å². The van der Waals surface area contributed by atoms with E-state index in [2.05, 4.69) is 40.7 Å². The van der Waals surface area contributed by atoms with Gasteiger partial charge in [-0.15, -0.1) is 0 Å². The molecule has 1 saturated heterocycles. The lowest BCUT2D eigenvalue weighted by Crippen LogP contribution is -2.42. The van der Waals surface area contributed by atoms with Crippen molar-refractivity contribution < 1.29 is 4.74 Å². The van der Waals surface area contributed by atoms with E-state index in [4.69, 9.17) is 15.0 Å². The minimum Gasteiger partial charge on any atom is -0.496 e. The number of nitrogens with one attached hydrogen (secondary N) is 2. The molecule has 1 unspecified atom stereocenters. The third-order valence-corrected chi connectivity index (χ3v) is 5.36. The number of para-hydroxylation sites is 1. The maximum absolute atomic E-state index is 9.10. The minimum atomic E-state index is 0.217. The largest absolute Gasteiger partial charge is 0.496 e. The third-order valence-electron chi connectivity index (χ3n) is 5.36. The third kappa shape index (κ3) is 5.74. The van der Waals surface area contributed by atoms with Gasteiger partial charge in [-0.3, -0.25) is 4.90 Å². The quantitative estimate of drug-likeness (QED) is 0.520. The Morgan fingerprint density at radius 1 is 1.17 bits per heavy atom. The number of methoxy groups -OCH3 is 1. The number of hydrogen-bond acceptors (Lipinski definition) is 4. The number of guanidine groups is 1. The summed E-state index contributed by atoms with van der Waals surface area (Å²) in [6, 6.07) is 18.3. The SMILES string of the molecule is CCNC(=NCc1cccc(C#N)c1)NCC(c1ccccc1OC)N1CCCC1. The van der Waals surface area contributed by atoms with E-state index in [1.54, 1.807) is 7.11 Å². The van der Waals surface area contributed by atoms with E-state index in [0.29, 0.717) is 12.1 Å². The molecule has 2 aromatic carbocycles. The predicted molar refractivity (Wildman–Crippen MR) is 121 cm³/mol. The Morgan fingerprint density at radius 3 is 2.70 bits per heavy atom. The van der Waals surface area contributed by atoms with Crippen molar-refractivity contribution in [3.05, 3.63) is 65.2 Å². The highest BCUT2D eigenvalue weighted by Crippen LogP contribution is 2.31. The zero-order valence-electron chi connectivity index (χ0n) is 17.9. The molecule has 2 aromatic rings. The summed E-state index contributed by atoms with van der Waals surface area (Å²) >= 11 is 0. The van der Waals surface area contributed by atoms with Crippen LogP contribution in [0.15, 0.2) is 53.5 Å². The van der Waals surface area contributed by atoms with E-state index in [9.17, 15) is 0 Å². The fourth-order valence-corrected chi connectivity index (χ4v) is 3.88. The van der Waals surface area contributed by atoms with E-state index in [1.165, 1.54) is 18.4 Å². The van der Waals surface area contributed by atoms with Gasteiger partial charge in [0.25, 0.3) is 0 Å². The molecule has 0 aromatic heterocycles. The molecule has 1 heterocycles. The summed E-state index contributed by atoms with van der Waals surface area (Å²) in [6.45, 7) is 6.30. The lowest BCUT2D eigenvalue weighted by Gasteiger charge is -2.30. The van der Waals surface area contributed by atoms with Gasteiger partial charge in [0.05, 0.1) is 31.3 Å². The molecule has 6 heteroatoms. The Labute approximate surface area is 179 Å². The number of aliphatic imine (C=N–C) groups is 1. The smallest absolute Gasteiger partial charge is 0.191 e. The number of rotatable bonds is 8. The summed E-state index contributed by atoms with van der Waals surface area (Å²) in [5.41, 5.74) is 2.88. The molecule has 0 aliphatic carbocycles. The van der Waals surface area contributed by atoms with Crippen LogP contribution in [-0.4, -0.2) is 44.1 Å². The van der Waals surface area contributed by atoms with Crippen LogP contribution in [0.1, 0.15) is 42.5 Å². The van der Waals surface area contributed by atoms with Crippen LogP contribution in [0, 0.1) is 11.3 Å². The molecule has 1 atom stereocenters.